The molecule has 0 bridgehead atoms. The Kier molecular flexibility index (Phi) is 4.72. The molecule has 18 heavy (non-hydrogen) atoms. The van der Waals surface area contributed by atoms with Crippen LogP contribution in [0.4, 0.5) is 0 Å². The Labute approximate surface area is 107 Å². The smallest absolute Gasteiger partial charge is 0.242 e. The summed E-state index contributed by atoms with van der Waals surface area (Å²) in [5.74, 6) is 0.133. The molecule has 6 heteroatoms. The van der Waals surface area contributed by atoms with E-state index in [1.165, 1.54) is 0 Å². The number of morpholine rings is 1. The van der Waals surface area contributed by atoms with E-state index in [2.05, 4.69) is 17.2 Å². The van der Waals surface area contributed by atoms with Crippen molar-refractivity contribution >= 4 is 5.91 Å². The maximum atomic E-state index is 12.1. The molecule has 0 radical (unpaired) electrons. The number of carbonyl (C=O) groups excluding carboxylic acids is 1. The average Bonchev–Trinajstić information content (AvgIpc) is 2.84. The van der Waals surface area contributed by atoms with Crippen molar-refractivity contribution < 1.29 is 9.53 Å². The van der Waals surface area contributed by atoms with Crippen molar-refractivity contribution in [2.45, 2.75) is 20.0 Å². The molecule has 2 heterocycles. The third-order valence-electron chi connectivity index (χ3n) is 3.02. The lowest BCUT2D eigenvalue weighted by Crippen LogP contribution is -2.42. The van der Waals surface area contributed by atoms with Crippen LogP contribution in [0.2, 0.25) is 0 Å². The minimum atomic E-state index is 0.133. The van der Waals surface area contributed by atoms with Crippen molar-refractivity contribution in [2.24, 2.45) is 0 Å². The van der Waals surface area contributed by atoms with E-state index >= 15 is 0 Å². The average molecular weight is 252 g/mol. The van der Waals surface area contributed by atoms with Crippen LogP contribution in [-0.2, 0) is 22.6 Å². The van der Waals surface area contributed by atoms with Gasteiger partial charge in [-0.05, 0) is 6.54 Å². The summed E-state index contributed by atoms with van der Waals surface area (Å²) in [6, 6.07) is 0. The van der Waals surface area contributed by atoms with Crippen molar-refractivity contribution in [2.75, 3.05) is 32.8 Å². The lowest BCUT2D eigenvalue weighted by Gasteiger charge is -2.27. The van der Waals surface area contributed by atoms with Gasteiger partial charge >= 0.3 is 0 Å². The van der Waals surface area contributed by atoms with E-state index in [-0.39, 0.29) is 5.91 Å². The number of imidazole rings is 1. The Bertz CT molecular complexity index is 385. The van der Waals surface area contributed by atoms with Crippen molar-refractivity contribution in [3.8, 4) is 0 Å². The summed E-state index contributed by atoms with van der Waals surface area (Å²) in [7, 11) is 0. The Hall–Kier alpha value is -1.40. The fourth-order valence-electron chi connectivity index (χ4n) is 1.95. The van der Waals surface area contributed by atoms with Crippen LogP contribution in [0.3, 0.4) is 0 Å². The topological polar surface area (TPSA) is 59.4 Å². The minimum absolute atomic E-state index is 0.133. The molecule has 1 fully saturated rings. The van der Waals surface area contributed by atoms with Gasteiger partial charge in [0.05, 0.1) is 25.2 Å². The quantitative estimate of drug-likeness (QED) is 0.792. The fraction of sp³-hybridized carbons (Fsp3) is 0.667. The zero-order valence-electron chi connectivity index (χ0n) is 10.8. The number of amides is 1. The molecule has 1 aromatic heterocycles. The Balaban J connectivity index is 1.91. The van der Waals surface area contributed by atoms with Crippen LogP contribution in [0.5, 0.6) is 0 Å². The molecule has 0 aliphatic carbocycles. The third-order valence-corrected chi connectivity index (χ3v) is 3.02. The SMILES string of the molecule is CCNCc1cncn1CC(=O)N1CCOCC1. The van der Waals surface area contributed by atoms with E-state index in [1.807, 2.05) is 9.47 Å². The lowest BCUT2D eigenvalue weighted by molar-refractivity contribution is -0.135. The van der Waals surface area contributed by atoms with Gasteiger partial charge in [-0.15, -0.1) is 0 Å². The number of hydrogen-bond acceptors (Lipinski definition) is 4. The zero-order chi connectivity index (χ0) is 12.8. The van der Waals surface area contributed by atoms with Gasteiger partial charge < -0.3 is 19.5 Å². The molecule has 1 aromatic rings. The molecule has 1 amide bonds. The van der Waals surface area contributed by atoms with E-state index in [0.717, 1.165) is 18.8 Å². The van der Waals surface area contributed by atoms with Gasteiger partial charge in [0.25, 0.3) is 0 Å². The second-order valence-corrected chi connectivity index (χ2v) is 4.29. The van der Waals surface area contributed by atoms with Crippen LogP contribution in [0, 0.1) is 0 Å². The number of carbonyl (C=O) groups is 1. The Morgan fingerprint density at radius 2 is 2.28 bits per heavy atom. The molecule has 0 atom stereocenters. The summed E-state index contributed by atoms with van der Waals surface area (Å²) < 4.78 is 7.14. The van der Waals surface area contributed by atoms with Gasteiger partial charge in [0, 0.05) is 25.8 Å². The second-order valence-electron chi connectivity index (χ2n) is 4.29. The maximum Gasteiger partial charge on any atom is 0.242 e. The largest absolute Gasteiger partial charge is 0.378 e. The summed E-state index contributed by atoms with van der Waals surface area (Å²) in [6.07, 6.45) is 3.51. The highest BCUT2D eigenvalue weighted by Gasteiger charge is 2.17. The molecule has 0 spiro atoms. The highest BCUT2D eigenvalue weighted by atomic mass is 16.5. The van der Waals surface area contributed by atoms with E-state index in [1.54, 1.807) is 12.5 Å². The molecular formula is C12H20N4O2. The van der Waals surface area contributed by atoms with Crippen LogP contribution in [0.25, 0.3) is 0 Å². The van der Waals surface area contributed by atoms with E-state index in [0.29, 0.717) is 32.8 Å². The normalized spacial score (nSPS) is 15.9. The molecule has 2 rings (SSSR count). The number of ether oxygens (including phenoxy) is 1. The van der Waals surface area contributed by atoms with Crippen molar-refractivity contribution in [1.82, 2.24) is 19.8 Å². The van der Waals surface area contributed by atoms with Gasteiger partial charge in [-0.25, -0.2) is 4.98 Å². The number of nitrogens with zero attached hydrogens (tertiary/aromatic N) is 3. The van der Waals surface area contributed by atoms with Gasteiger partial charge in [0.15, 0.2) is 0 Å². The molecule has 0 saturated carbocycles. The zero-order valence-corrected chi connectivity index (χ0v) is 10.8. The number of rotatable bonds is 5. The Morgan fingerprint density at radius 1 is 1.50 bits per heavy atom. The monoisotopic (exact) mass is 252 g/mol. The third kappa shape index (κ3) is 3.30. The van der Waals surface area contributed by atoms with Crippen LogP contribution in [0.1, 0.15) is 12.6 Å². The summed E-state index contributed by atoms with van der Waals surface area (Å²) in [6.45, 7) is 6.72. The highest BCUT2D eigenvalue weighted by molar-refractivity contribution is 5.76. The predicted octanol–water partition coefficient (Wildman–Crippen LogP) is -0.149. The lowest BCUT2D eigenvalue weighted by atomic mass is 10.3. The van der Waals surface area contributed by atoms with Crippen molar-refractivity contribution in [1.29, 1.82) is 0 Å². The summed E-state index contributed by atoms with van der Waals surface area (Å²) in [4.78, 5) is 18.0. The van der Waals surface area contributed by atoms with Gasteiger partial charge in [-0.2, -0.15) is 0 Å². The first-order chi connectivity index (χ1) is 8.81. The summed E-state index contributed by atoms with van der Waals surface area (Å²) in [5.41, 5.74) is 1.04. The minimum Gasteiger partial charge on any atom is -0.378 e. The maximum absolute atomic E-state index is 12.1. The molecule has 100 valence electrons. The van der Waals surface area contributed by atoms with Crippen molar-refractivity contribution in [3.63, 3.8) is 0 Å². The van der Waals surface area contributed by atoms with Crippen LogP contribution >= 0.6 is 0 Å². The van der Waals surface area contributed by atoms with Crippen LogP contribution in [-0.4, -0.2) is 53.2 Å². The van der Waals surface area contributed by atoms with Crippen LogP contribution in [0.15, 0.2) is 12.5 Å². The second kappa shape index (κ2) is 6.51. The predicted molar refractivity (Wildman–Crippen MR) is 67.0 cm³/mol. The molecule has 1 aliphatic heterocycles. The Morgan fingerprint density at radius 3 is 3.00 bits per heavy atom. The van der Waals surface area contributed by atoms with Crippen molar-refractivity contribution in [3.05, 3.63) is 18.2 Å². The van der Waals surface area contributed by atoms with Crippen LogP contribution < -0.4 is 5.32 Å². The molecule has 0 unspecified atom stereocenters. The molecule has 0 aromatic carbocycles. The number of nitrogens with one attached hydrogen (secondary N) is 1. The molecule has 1 aliphatic rings. The van der Waals surface area contributed by atoms with E-state index in [4.69, 9.17) is 4.74 Å². The van der Waals surface area contributed by atoms with Gasteiger partial charge in [-0.3, -0.25) is 4.79 Å². The van der Waals surface area contributed by atoms with E-state index in [9.17, 15) is 4.79 Å². The van der Waals surface area contributed by atoms with Gasteiger partial charge in [-0.1, -0.05) is 6.92 Å². The molecule has 1 saturated heterocycles. The highest BCUT2D eigenvalue weighted by Crippen LogP contribution is 2.03. The first kappa shape index (κ1) is 13.0. The summed E-state index contributed by atoms with van der Waals surface area (Å²) >= 11 is 0. The number of hydrogen-bond donors (Lipinski definition) is 1. The molecular weight excluding hydrogens is 232 g/mol. The first-order valence-corrected chi connectivity index (χ1v) is 6.36. The number of aromatic nitrogens is 2. The summed E-state index contributed by atoms with van der Waals surface area (Å²) in [5, 5.41) is 3.24. The molecule has 1 N–H and O–H groups in total. The van der Waals surface area contributed by atoms with Gasteiger partial charge in [0.2, 0.25) is 5.91 Å². The molecule has 6 nitrogen and oxygen atoms in total. The van der Waals surface area contributed by atoms with E-state index < -0.39 is 0 Å². The first-order valence-electron chi connectivity index (χ1n) is 6.36. The fourth-order valence-corrected chi connectivity index (χ4v) is 1.95. The van der Waals surface area contributed by atoms with Gasteiger partial charge in [0.1, 0.15) is 6.54 Å². The standard InChI is InChI=1S/C12H20N4O2/c1-2-13-7-11-8-14-10-16(11)9-12(17)15-3-5-18-6-4-15/h8,10,13H,2-7,9H2,1H3.